The van der Waals surface area contributed by atoms with Gasteiger partial charge < -0.3 is 20.1 Å². The van der Waals surface area contributed by atoms with E-state index in [1.807, 2.05) is 54.7 Å². The van der Waals surface area contributed by atoms with Gasteiger partial charge in [0, 0.05) is 30.6 Å². The molecule has 1 aliphatic rings. The minimum atomic E-state index is -0.270. The Morgan fingerprint density at radius 3 is 3.00 bits per heavy atom. The van der Waals surface area contributed by atoms with Crippen LogP contribution in [0.5, 0.6) is 11.5 Å². The van der Waals surface area contributed by atoms with Gasteiger partial charge >= 0.3 is 6.03 Å². The molecule has 0 radical (unpaired) electrons. The molecule has 2 amide bonds. The number of para-hydroxylation sites is 1. The lowest BCUT2D eigenvalue weighted by atomic mass is 10.1. The summed E-state index contributed by atoms with van der Waals surface area (Å²) in [7, 11) is 0. The standard InChI is InChI=1S/C21H22N4O3/c26-21(22-15-19-13-16-5-1-2-8-20(16)28-19)24-17-6-3-7-18(14-17)27-12-11-25-10-4-9-23-25/h1-10,14,19H,11-13,15H2,(H2,22,24,26)/t19-/m0/s1. The highest BCUT2D eigenvalue weighted by molar-refractivity contribution is 5.89. The summed E-state index contributed by atoms with van der Waals surface area (Å²) >= 11 is 0. The second-order valence-electron chi connectivity index (χ2n) is 6.53. The van der Waals surface area contributed by atoms with Gasteiger partial charge in [-0.05, 0) is 29.8 Å². The van der Waals surface area contributed by atoms with Gasteiger partial charge in [0.2, 0.25) is 0 Å². The summed E-state index contributed by atoms with van der Waals surface area (Å²) in [4.78, 5) is 12.2. The van der Waals surface area contributed by atoms with E-state index in [0.29, 0.717) is 31.1 Å². The number of nitrogens with zero attached hydrogens (tertiary/aromatic N) is 2. The van der Waals surface area contributed by atoms with Crippen molar-refractivity contribution in [2.24, 2.45) is 0 Å². The number of carbonyl (C=O) groups is 1. The summed E-state index contributed by atoms with van der Waals surface area (Å²) in [5.41, 5.74) is 1.85. The Hall–Kier alpha value is -3.48. The molecule has 2 aromatic carbocycles. The number of fused-ring (bicyclic) bond motifs is 1. The summed E-state index contributed by atoms with van der Waals surface area (Å²) < 4.78 is 13.4. The first-order valence-electron chi connectivity index (χ1n) is 9.26. The Morgan fingerprint density at radius 1 is 1.21 bits per heavy atom. The number of hydrogen-bond donors (Lipinski definition) is 2. The highest BCUT2D eigenvalue weighted by atomic mass is 16.5. The van der Waals surface area contributed by atoms with Crippen LogP contribution in [0.1, 0.15) is 5.56 Å². The van der Waals surface area contributed by atoms with Crippen LogP contribution in [0.4, 0.5) is 10.5 Å². The van der Waals surface area contributed by atoms with Gasteiger partial charge in [-0.1, -0.05) is 24.3 Å². The van der Waals surface area contributed by atoms with Crippen LogP contribution in [-0.4, -0.2) is 35.1 Å². The van der Waals surface area contributed by atoms with Gasteiger partial charge in [0.05, 0.1) is 13.1 Å². The summed E-state index contributed by atoms with van der Waals surface area (Å²) in [5.74, 6) is 1.59. The van der Waals surface area contributed by atoms with E-state index in [1.165, 1.54) is 5.56 Å². The Bertz CT molecular complexity index is 902. The van der Waals surface area contributed by atoms with Gasteiger partial charge in [-0.3, -0.25) is 4.68 Å². The highest BCUT2D eigenvalue weighted by Crippen LogP contribution is 2.27. The fourth-order valence-electron chi connectivity index (χ4n) is 3.10. The summed E-state index contributed by atoms with van der Waals surface area (Å²) in [5, 5.41) is 9.82. The van der Waals surface area contributed by atoms with Crippen molar-refractivity contribution in [1.82, 2.24) is 15.1 Å². The zero-order valence-corrected chi connectivity index (χ0v) is 15.4. The van der Waals surface area contributed by atoms with Crippen molar-refractivity contribution in [3.8, 4) is 11.5 Å². The second kappa shape index (κ2) is 8.47. The van der Waals surface area contributed by atoms with Crippen LogP contribution in [0.2, 0.25) is 0 Å². The van der Waals surface area contributed by atoms with E-state index < -0.39 is 0 Å². The average Bonchev–Trinajstić information content (AvgIpc) is 3.36. The fraction of sp³-hybridized carbons (Fsp3) is 0.238. The SMILES string of the molecule is O=C(NC[C@@H]1Cc2ccccc2O1)Nc1cccc(OCCn2cccn2)c1. The Morgan fingerprint density at radius 2 is 2.14 bits per heavy atom. The maximum atomic E-state index is 12.2. The molecule has 28 heavy (non-hydrogen) atoms. The summed E-state index contributed by atoms with van der Waals surface area (Å²) in [6.45, 7) is 1.60. The lowest BCUT2D eigenvalue weighted by molar-refractivity contribution is 0.219. The molecule has 3 aromatic rings. The maximum absolute atomic E-state index is 12.2. The number of amides is 2. The van der Waals surface area contributed by atoms with E-state index in [-0.39, 0.29) is 12.1 Å². The molecule has 2 N–H and O–H groups in total. The van der Waals surface area contributed by atoms with Crippen molar-refractivity contribution in [2.75, 3.05) is 18.5 Å². The van der Waals surface area contributed by atoms with Gasteiger partial charge in [0.25, 0.3) is 0 Å². The van der Waals surface area contributed by atoms with Crippen LogP contribution in [-0.2, 0) is 13.0 Å². The Kier molecular flexibility index (Phi) is 5.42. The molecule has 0 spiro atoms. The van der Waals surface area contributed by atoms with Gasteiger partial charge in [0.1, 0.15) is 24.2 Å². The number of anilines is 1. The minimum Gasteiger partial charge on any atom is -0.492 e. The van der Waals surface area contributed by atoms with Crippen molar-refractivity contribution in [2.45, 2.75) is 19.1 Å². The number of aromatic nitrogens is 2. The molecule has 144 valence electrons. The summed E-state index contributed by atoms with van der Waals surface area (Å²) in [6.07, 6.45) is 4.38. The molecule has 2 heterocycles. The molecular weight excluding hydrogens is 356 g/mol. The molecule has 1 aromatic heterocycles. The average molecular weight is 378 g/mol. The molecular formula is C21H22N4O3. The molecule has 0 unspecified atom stereocenters. The molecule has 0 saturated carbocycles. The second-order valence-corrected chi connectivity index (χ2v) is 6.53. The third-order valence-corrected chi connectivity index (χ3v) is 4.44. The number of urea groups is 1. The van der Waals surface area contributed by atoms with Gasteiger partial charge in [0.15, 0.2) is 0 Å². The van der Waals surface area contributed by atoms with E-state index in [1.54, 1.807) is 16.9 Å². The molecule has 0 saturated heterocycles. The monoisotopic (exact) mass is 378 g/mol. The van der Waals surface area contributed by atoms with Crippen LogP contribution >= 0.6 is 0 Å². The third kappa shape index (κ3) is 4.62. The first-order chi connectivity index (χ1) is 13.8. The number of ether oxygens (including phenoxy) is 2. The van der Waals surface area contributed by atoms with Gasteiger partial charge in [-0.15, -0.1) is 0 Å². The number of hydrogen-bond acceptors (Lipinski definition) is 4. The third-order valence-electron chi connectivity index (χ3n) is 4.44. The highest BCUT2D eigenvalue weighted by Gasteiger charge is 2.22. The Balaban J connectivity index is 1.22. The topological polar surface area (TPSA) is 77.4 Å². The zero-order chi connectivity index (χ0) is 19.2. The van der Waals surface area contributed by atoms with Crippen LogP contribution in [0.15, 0.2) is 67.0 Å². The van der Waals surface area contributed by atoms with Crippen molar-refractivity contribution >= 4 is 11.7 Å². The number of benzene rings is 2. The number of rotatable bonds is 7. The quantitative estimate of drug-likeness (QED) is 0.662. The van der Waals surface area contributed by atoms with Crippen LogP contribution in [0, 0.1) is 0 Å². The predicted molar refractivity (Wildman–Crippen MR) is 106 cm³/mol. The van der Waals surface area contributed by atoms with Crippen LogP contribution in [0.3, 0.4) is 0 Å². The molecule has 0 fully saturated rings. The molecule has 1 aliphatic heterocycles. The van der Waals surface area contributed by atoms with Crippen molar-refractivity contribution in [3.63, 3.8) is 0 Å². The normalized spacial score (nSPS) is 14.8. The van der Waals surface area contributed by atoms with Crippen molar-refractivity contribution < 1.29 is 14.3 Å². The first kappa shape index (κ1) is 17.9. The van der Waals surface area contributed by atoms with Crippen molar-refractivity contribution in [1.29, 1.82) is 0 Å². The van der Waals surface area contributed by atoms with Crippen LogP contribution < -0.4 is 20.1 Å². The van der Waals surface area contributed by atoms with E-state index in [4.69, 9.17) is 9.47 Å². The smallest absolute Gasteiger partial charge is 0.319 e. The maximum Gasteiger partial charge on any atom is 0.319 e. The zero-order valence-electron chi connectivity index (χ0n) is 15.4. The molecule has 0 aliphatic carbocycles. The molecule has 1 atom stereocenters. The molecule has 7 heteroatoms. The fourth-order valence-corrected chi connectivity index (χ4v) is 3.10. The first-order valence-corrected chi connectivity index (χ1v) is 9.26. The predicted octanol–water partition coefficient (Wildman–Crippen LogP) is 3.09. The molecule has 0 bridgehead atoms. The largest absolute Gasteiger partial charge is 0.492 e. The lowest BCUT2D eigenvalue weighted by Gasteiger charge is -2.13. The van der Waals surface area contributed by atoms with Gasteiger partial charge in [-0.2, -0.15) is 5.10 Å². The van der Waals surface area contributed by atoms with Gasteiger partial charge in [-0.25, -0.2) is 4.79 Å². The van der Waals surface area contributed by atoms with E-state index in [2.05, 4.69) is 15.7 Å². The van der Waals surface area contributed by atoms with E-state index in [9.17, 15) is 4.79 Å². The number of nitrogens with one attached hydrogen (secondary N) is 2. The minimum absolute atomic E-state index is 0.0416. The molecule has 7 nitrogen and oxygen atoms in total. The van der Waals surface area contributed by atoms with E-state index >= 15 is 0 Å². The summed E-state index contributed by atoms with van der Waals surface area (Å²) in [6, 6.07) is 16.9. The lowest BCUT2D eigenvalue weighted by Crippen LogP contribution is -2.37. The van der Waals surface area contributed by atoms with Crippen LogP contribution in [0.25, 0.3) is 0 Å². The molecule has 4 rings (SSSR count). The Labute approximate surface area is 163 Å². The van der Waals surface area contributed by atoms with E-state index in [0.717, 1.165) is 12.2 Å². The van der Waals surface area contributed by atoms with Crippen molar-refractivity contribution in [3.05, 3.63) is 72.6 Å². The number of carbonyl (C=O) groups excluding carboxylic acids is 1.